The van der Waals surface area contributed by atoms with Crippen LogP contribution in [0.4, 0.5) is 5.69 Å². The van der Waals surface area contributed by atoms with Gasteiger partial charge in [-0.15, -0.1) is 11.8 Å². The molecule has 2 aromatic rings. The number of piperazine rings is 1. The highest BCUT2D eigenvalue weighted by molar-refractivity contribution is 7.99. The standard InChI is InChI=1S/C25H31N3OS/c1-20-7-6-9-23(17-20)28-15-13-27(14-16-28)12-5-4-11-26-25(29)22-18-21-8-2-3-10-24(21)30-19-22/h2-3,6-10,17-18H,4-5,11-16,19H2,1H3,(H,26,29). The predicted molar refractivity (Wildman–Crippen MR) is 127 cm³/mol. The minimum atomic E-state index is 0.0868. The van der Waals surface area contributed by atoms with Crippen LogP contribution in [0.5, 0.6) is 0 Å². The summed E-state index contributed by atoms with van der Waals surface area (Å²) in [5.41, 5.74) is 4.70. The number of nitrogens with zero attached hydrogens (tertiary/aromatic N) is 2. The molecule has 0 bridgehead atoms. The quantitative estimate of drug-likeness (QED) is 0.680. The molecule has 0 spiro atoms. The fourth-order valence-corrected chi connectivity index (χ4v) is 5.07. The van der Waals surface area contributed by atoms with Gasteiger partial charge in [0.05, 0.1) is 0 Å². The van der Waals surface area contributed by atoms with Crippen LogP contribution in [0, 0.1) is 6.92 Å². The SMILES string of the molecule is Cc1cccc(N2CCN(CCCCNC(=O)C3=Cc4ccccc4SC3)CC2)c1. The van der Waals surface area contributed by atoms with Crippen molar-refractivity contribution in [3.63, 3.8) is 0 Å². The van der Waals surface area contributed by atoms with Crippen molar-refractivity contribution in [2.45, 2.75) is 24.7 Å². The molecule has 0 aromatic heterocycles. The molecule has 1 N–H and O–H groups in total. The van der Waals surface area contributed by atoms with Gasteiger partial charge >= 0.3 is 0 Å². The number of aryl methyl sites for hydroxylation is 1. The first-order chi connectivity index (χ1) is 14.7. The zero-order valence-electron chi connectivity index (χ0n) is 17.8. The number of fused-ring (bicyclic) bond motifs is 1. The highest BCUT2D eigenvalue weighted by Gasteiger charge is 2.18. The Morgan fingerprint density at radius 3 is 2.70 bits per heavy atom. The summed E-state index contributed by atoms with van der Waals surface area (Å²) in [5, 5.41) is 3.11. The number of carbonyl (C=O) groups excluding carboxylic acids is 1. The van der Waals surface area contributed by atoms with Crippen LogP contribution < -0.4 is 10.2 Å². The number of anilines is 1. The van der Waals surface area contributed by atoms with Crippen molar-refractivity contribution >= 4 is 29.4 Å². The molecular weight excluding hydrogens is 390 g/mol. The molecule has 0 atom stereocenters. The second-order valence-corrected chi connectivity index (χ2v) is 9.14. The molecule has 2 aliphatic rings. The van der Waals surface area contributed by atoms with Crippen molar-refractivity contribution in [2.75, 3.05) is 49.9 Å². The van der Waals surface area contributed by atoms with E-state index >= 15 is 0 Å². The van der Waals surface area contributed by atoms with E-state index in [0.29, 0.717) is 0 Å². The average molecular weight is 422 g/mol. The summed E-state index contributed by atoms with van der Waals surface area (Å²) in [6.45, 7) is 8.44. The van der Waals surface area contributed by atoms with E-state index in [1.54, 1.807) is 11.8 Å². The van der Waals surface area contributed by atoms with E-state index in [-0.39, 0.29) is 5.91 Å². The average Bonchev–Trinajstić information content (AvgIpc) is 2.79. The molecule has 0 aliphatic carbocycles. The first-order valence-corrected chi connectivity index (χ1v) is 11.9. The molecule has 4 nitrogen and oxygen atoms in total. The number of unbranched alkanes of at least 4 members (excludes halogenated alkanes) is 1. The molecule has 0 unspecified atom stereocenters. The van der Waals surface area contributed by atoms with Crippen molar-refractivity contribution in [1.82, 2.24) is 10.2 Å². The third-order valence-electron chi connectivity index (χ3n) is 5.85. The van der Waals surface area contributed by atoms with E-state index in [2.05, 4.69) is 58.4 Å². The number of benzene rings is 2. The van der Waals surface area contributed by atoms with Gasteiger partial charge in [0.25, 0.3) is 0 Å². The van der Waals surface area contributed by atoms with Gasteiger partial charge in [-0.3, -0.25) is 9.69 Å². The lowest BCUT2D eigenvalue weighted by atomic mass is 10.1. The van der Waals surface area contributed by atoms with E-state index in [1.807, 2.05) is 18.2 Å². The summed E-state index contributed by atoms with van der Waals surface area (Å²) in [7, 11) is 0. The minimum Gasteiger partial charge on any atom is -0.369 e. The highest BCUT2D eigenvalue weighted by Crippen LogP contribution is 2.31. The summed E-state index contributed by atoms with van der Waals surface area (Å²) in [6.07, 6.45) is 4.19. The van der Waals surface area contributed by atoms with Crippen molar-refractivity contribution in [1.29, 1.82) is 0 Å². The van der Waals surface area contributed by atoms with Gasteiger partial charge in [-0.25, -0.2) is 0 Å². The van der Waals surface area contributed by atoms with Gasteiger partial charge in [-0.1, -0.05) is 30.3 Å². The molecular formula is C25H31N3OS. The summed E-state index contributed by atoms with van der Waals surface area (Å²) in [5.74, 6) is 0.845. The van der Waals surface area contributed by atoms with Gasteiger partial charge in [0.1, 0.15) is 0 Å². The predicted octanol–water partition coefficient (Wildman–Crippen LogP) is 4.20. The Morgan fingerprint density at radius 1 is 1.03 bits per heavy atom. The third kappa shape index (κ3) is 5.46. The van der Waals surface area contributed by atoms with Crippen LogP contribution in [0.15, 0.2) is 59.0 Å². The van der Waals surface area contributed by atoms with Crippen molar-refractivity contribution in [3.05, 3.63) is 65.2 Å². The fraction of sp³-hybridized carbons (Fsp3) is 0.400. The Kier molecular flexibility index (Phi) is 7.13. The number of rotatable bonds is 7. The molecule has 158 valence electrons. The van der Waals surface area contributed by atoms with Crippen LogP contribution in [0.2, 0.25) is 0 Å². The maximum Gasteiger partial charge on any atom is 0.248 e. The van der Waals surface area contributed by atoms with E-state index in [4.69, 9.17) is 0 Å². The number of nitrogens with one attached hydrogen (secondary N) is 1. The molecule has 4 rings (SSSR count). The Morgan fingerprint density at radius 2 is 1.87 bits per heavy atom. The number of hydrogen-bond acceptors (Lipinski definition) is 4. The van der Waals surface area contributed by atoms with Crippen molar-refractivity contribution in [3.8, 4) is 0 Å². The Bertz CT molecular complexity index is 903. The molecule has 2 aliphatic heterocycles. The largest absolute Gasteiger partial charge is 0.369 e. The van der Waals surface area contributed by atoms with Gasteiger partial charge in [0.2, 0.25) is 5.91 Å². The number of amides is 1. The summed E-state index contributed by atoms with van der Waals surface area (Å²) >= 11 is 1.75. The van der Waals surface area contributed by atoms with Crippen LogP contribution >= 0.6 is 11.8 Å². The molecule has 1 amide bonds. The smallest absolute Gasteiger partial charge is 0.248 e. The van der Waals surface area contributed by atoms with Crippen LogP contribution in [-0.4, -0.2) is 55.8 Å². The topological polar surface area (TPSA) is 35.6 Å². The normalized spacial score (nSPS) is 16.7. The Hall–Kier alpha value is -2.24. The Balaban J connectivity index is 1.13. The first kappa shape index (κ1) is 21.0. The van der Waals surface area contributed by atoms with E-state index < -0.39 is 0 Å². The third-order valence-corrected chi connectivity index (χ3v) is 6.99. The maximum atomic E-state index is 12.5. The molecule has 2 aromatic carbocycles. The van der Waals surface area contributed by atoms with Crippen LogP contribution in [0.25, 0.3) is 6.08 Å². The molecule has 2 heterocycles. The van der Waals surface area contributed by atoms with E-state index in [0.717, 1.165) is 69.0 Å². The Labute approximate surface area is 184 Å². The van der Waals surface area contributed by atoms with Crippen molar-refractivity contribution in [2.24, 2.45) is 0 Å². The van der Waals surface area contributed by atoms with Crippen LogP contribution in [-0.2, 0) is 4.79 Å². The van der Waals surface area contributed by atoms with Crippen molar-refractivity contribution < 1.29 is 4.79 Å². The number of hydrogen-bond donors (Lipinski definition) is 1. The monoisotopic (exact) mass is 421 g/mol. The van der Waals surface area contributed by atoms with Gasteiger partial charge in [-0.05, 0) is 61.7 Å². The van der Waals surface area contributed by atoms with Gasteiger partial charge in [0.15, 0.2) is 0 Å². The highest BCUT2D eigenvalue weighted by atomic mass is 32.2. The maximum absolute atomic E-state index is 12.5. The zero-order chi connectivity index (χ0) is 20.8. The lowest BCUT2D eigenvalue weighted by Gasteiger charge is -2.36. The molecule has 5 heteroatoms. The summed E-state index contributed by atoms with van der Waals surface area (Å²) in [6, 6.07) is 17.1. The van der Waals surface area contributed by atoms with E-state index in [1.165, 1.54) is 16.1 Å². The van der Waals surface area contributed by atoms with Gasteiger partial charge in [0, 0.05) is 54.6 Å². The van der Waals surface area contributed by atoms with E-state index in [9.17, 15) is 4.79 Å². The van der Waals surface area contributed by atoms with Gasteiger partial charge in [-0.2, -0.15) is 0 Å². The van der Waals surface area contributed by atoms with Crippen LogP contribution in [0.3, 0.4) is 0 Å². The molecule has 0 radical (unpaired) electrons. The van der Waals surface area contributed by atoms with Gasteiger partial charge < -0.3 is 10.2 Å². The summed E-state index contributed by atoms with van der Waals surface area (Å²) in [4.78, 5) is 18.8. The molecule has 1 saturated heterocycles. The molecule has 0 saturated carbocycles. The second kappa shape index (κ2) is 10.2. The molecule has 1 fully saturated rings. The number of thioether (sulfide) groups is 1. The fourth-order valence-electron chi connectivity index (χ4n) is 4.08. The minimum absolute atomic E-state index is 0.0868. The lowest BCUT2D eigenvalue weighted by Crippen LogP contribution is -2.46. The lowest BCUT2D eigenvalue weighted by molar-refractivity contribution is -0.117. The van der Waals surface area contributed by atoms with Crippen LogP contribution in [0.1, 0.15) is 24.0 Å². The molecule has 30 heavy (non-hydrogen) atoms. The first-order valence-electron chi connectivity index (χ1n) is 10.9. The zero-order valence-corrected chi connectivity index (χ0v) is 18.6. The number of carbonyl (C=O) groups is 1. The summed E-state index contributed by atoms with van der Waals surface area (Å²) < 4.78 is 0. The second-order valence-electron chi connectivity index (χ2n) is 8.13.